The second-order valence-corrected chi connectivity index (χ2v) is 14.6. The number of methoxy groups -OCH3 is 1. The lowest BCUT2D eigenvalue weighted by molar-refractivity contribution is -0.120. The molecule has 228 valence electrons. The van der Waals surface area contributed by atoms with Gasteiger partial charge in [-0.2, -0.15) is 0 Å². The van der Waals surface area contributed by atoms with Gasteiger partial charge in [-0.15, -0.1) is 0 Å². The molecule has 2 aromatic rings. The van der Waals surface area contributed by atoms with E-state index in [1.165, 1.54) is 0 Å². The number of hydrogen-bond donors (Lipinski definition) is 1. The molecule has 0 fully saturated rings. The third-order valence-corrected chi connectivity index (χ3v) is 9.58. The van der Waals surface area contributed by atoms with Crippen molar-refractivity contribution in [1.82, 2.24) is 4.90 Å². The summed E-state index contributed by atoms with van der Waals surface area (Å²) in [7, 11) is 3.54. The zero-order valence-electron chi connectivity index (χ0n) is 26.4. The maximum Gasteiger partial charge on any atom is 0.262 e. The monoisotopic (exact) mass is 648 g/mol. The van der Waals surface area contributed by atoms with Crippen LogP contribution in [-0.4, -0.2) is 43.1 Å². The van der Waals surface area contributed by atoms with Gasteiger partial charge in [0, 0.05) is 54.0 Å². The molecule has 8 heteroatoms. The van der Waals surface area contributed by atoms with Crippen molar-refractivity contribution >= 4 is 39.1 Å². The molecule has 0 atom stereocenters. The van der Waals surface area contributed by atoms with E-state index in [0.717, 1.165) is 46.6 Å². The van der Waals surface area contributed by atoms with E-state index in [2.05, 4.69) is 53.8 Å². The molecule has 1 heterocycles. The van der Waals surface area contributed by atoms with Gasteiger partial charge in [-0.3, -0.25) is 14.4 Å². The van der Waals surface area contributed by atoms with Crippen LogP contribution in [0.4, 0.5) is 5.69 Å². The SMILES string of the molecule is COc1cc(C2C3=C(CC(C)(C)CC3=O)N(C)C3=C2C(=O)CC(C)(C)C3)cc(Br)c1OCC(=O)Nc1cccc(C)c1C. The minimum atomic E-state index is -0.500. The van der Waals surface area contributed by atoms with Gasteiger partial charge in [-0.05, 0) is 88.3 Å². The molecule has 0 saturated heterocycles. The van der Waals surface area contributed by atoms with Crippen molar-refractivity contribution in [2.75, 3.05) is 26.1 Å². The van der Waals surface area contributed by atoms with E-state index in [1.807, 2.05) is 51.2 Å². The fraction of sp³-hybridized carbons (Fsp3) is 0.457. The van der Waals surface area contributed by atoms with Gasteiger partial charge in [0.25, 0.3) is 5.91 Å². The Balaban J connectivity index is 1.53. The van der Waals surface area contributed by atoms with E-state index in [-0.39, 0.29) is 34.9 Å². The number of Topliss-reactive ketones (excluding diaryl/α,β-unsaturated/α-hetero) is 2. The molecule has 3 aliphatic rings. The zero-order valence-corrected chi connectivity index (χ0v) is 28.0. The Morgan fingerprint density at radius 2 is 1.56 bits per heavy atom. The maximum atomic E-state index is 13.8. The van der Waals surface area contributed by atoms with Crippen LogP contribution < -0.4 is 14.8 Å². The number of rotatable bonds is 6. The summed E-state index contributed by atoms with van der Waals surface area (Å²) in [4.78, 5) is 42.6. The number of ether oxygens (including phenoxy) is 2. The second-order valence-electron chi connectivity index (χ2n) is 13.7. The number of carbonyl (C=O) groups excluding carboxylic acids is 3. The van der Waals surface area contributed by atoms with Gasteiger partial charge in [0.15, 0.2) is 29.7 Å². The predicted octanol–water partition coefficient (Wildman–Crippen LogP) is 7.41. The molecule has 0 radical (unpaired) electrons. The molecule has 0 spiro atoms. The number of aryl methyl sites for hydroxylation is 1. The first-order valence-corrected chi connectivity index (χ1v) is 15.5. The van der Waals surface area contributed by atoms with E-state index in [1.54, 1.807) is 7.11 Å². The molecule has 2 aliphatic carbocycles. The minimum Gasteiger partial charge on any atom is -0.493 e. The lowest BCUT2D eigenvalue weighted by Gasteiger charge is -2.48. The molecule has 0 saturated carbocycles. The Hall–Kier alpha value is -3.39. The average Bonchev–Trinajstić information content (AvgIpc) is 2.90. The van der Waals surface area contributed by atoms with Crippen molar-refractivity contribution in [3.8, 4) is 11.5 Å². The van der Waals surface area contributed by atoms with Crippen LogP contribution in [0.2, 0.25) is 0 Å². The number of nitrogens with one attached hydrogen (secondary N) is 1. The number of benzene rings is 2. The number of anilines is 1. The minimum absolute atomic E-state index is 0.0748. The largest absolute Gasteiger partial charge is 0.493 e. The van der Waals surface area contributed by atoms with Gasteiger partial charge in [0.1, 0.15) is 0 Å². The number of carbonyl (C=O) groups is 3. The smallest absolute Gasteiger partial charge is 0.262 e. The van der Waals surface area contributed by atoms with Crippen LogP contribution in [0.5, 0.6) is 11.5 Å². The van der Waals surface area contributed by atoms with E-state index < -0.39 is 5.92 Å². The van der Waals surface area contributed by atoms with E-state index >= 15 is 0 Å². The average molecular weight is 650 g/mol. The molecule has 0 unspecified atom stereocenters. The predicted molar refractivity (Wildman–Crippen MR) is 171 cm³/mol. The van der Waals surface area contributed by atoms with Crippen molar-refractivity contribution in [3.63, 3.8) is 0 Å². The highest BCUT2D eigenvalue weighted by Gasteiger charge is 2.48. The number of ketones is 2. The quantitative estimate of drug-likeness (QED) is 0.351. The molecule has 1 N–H and O–H groups in total. The molecule has 5 rings (SSSR count). The van der Waals surface area contributed by atoms with Gasteiger partial charge in [-0.25, -0.2) is 0 Å². The number of halogens is 1. The second kappa shape index (κ2) is 11.3. The van der Waals surface area contributed by atoms with Crippen molar-refractivity contribution in [2.45, 2.75) is 73.1 Å². The standard InChI is InChI=1S/C35H41BrN2O5/c1-19-10-9-11-23(20(19)2)37-29(41)18-43-33-22(36)12-21(13-28(33)42-8)30-31-24(14-34(3,4)16-26(31)39)38(7)25-15-35(5,6)17-27(40)32(25)30/h9-13,30H,14-18H2,1-8H3,(H,37,41). The van der Waals surface area contributed by atoms with Gasteiger partial charge in [0.05, 0.1) is 11.6 Å². The van der Waals surface area contributed by atoms with Crippen molar-refractivity contribution in [1.29, 1.82) is 0 Å². The fourth-order valence-corrected chi connectivity index (χ4v) is 7.33. The van der Waals surface area contributed by atoms with Crippen molar-refractivity contribution < 1.29 is 23.9 Å². The van der Waals surface area contributed by atoms with Crippen LogP contribution in [0.25, 0.3) is 0 Å². The molecular weight excluding hydrogens is 608 g/mol. The Morgan fingerprint density at radius 3 is 2.12 bits per heavy atom. The molecule has 1 aliphatic heterocycles. The number of nitrogens with zero attached hydrogens (tertiary/aromatic N) is 1. The lowest BCUT2D eigenvalue weighted by atomic mass is 9.64. The zero-order chi connectivity index (χ0) is 31.4. The van der Waals surface area contributed by atoms with Gasteiger partial charge in [-0.1, -0.05) is 39.8 Å². The van der Waals surface area contributed by atoms with E-state index in [0.29, 0.717) is 40.0 Å². The van der Waals surface area contributed by atoms with Crippen LogP contribution in [0, 0.1) is 24.7 Å². The summed E-state index contributed by atoms with van der Waals surface area (Å²) in [6.45, 7) is 12.2. The third-order valence-electron chi connectivity index (χ3n) is 8.99. The van der Waals surface area contributed by atoms with Crippen LogP contribution in [0.3, 0.4) is 0 Å². The Labute approximate surface area is 262 Å². The Morgan fingerprint density at radius 1 is 0.977 bits per heavy atom. The summed E-state index contributed by atoms with van der Waals surface area (Å²) in [5, 5.41) is 2.92. The summed E-state index contributed by atoms with van der Waals surface area (Å²) in [5.41, 5.74) is 6.65. The van der Waals surface area contributed by atoms with Gasteiger partial charge < -0.3 is 19.7 Å². The highest BCUT2D eigenvalue weighted by Crippen LogP contribution is 2.55. The molecule has 1 amide bonds. The third kappa shape index (κ3) is 5.91. The topological polar surface area (TPSA) is 84.9 Å². The Bertz CT molecular complexity index is 1550. The summed E-state index contributed by atoms with van der Waals surface area (Å²) in [6, 6.07) is 9.49. The number of allylic oxidation sites excluding steroid dienone is 4. The molecule has 7 nitrogen and oxygen atoms in total. The molecule has 2 aromatic carbocycles. The van der Waals surface area contributed by atoms with Gasteiger partial charge >= 0.3 is 0 Å². The van der Waals surface area contributed by atoms with E-state index in [9.17, 15) is 14.4 Å². The van der Waals surface area contributed by atoms with Crippen molar-refractivity contribution in [2.24, 2.45) is 10.8 Å². The van der Waals surface area contributed by atoms with Crippen molar-refractivity contribution in [3.05, 3.63) is 74.0 Å². The van der Waals surface area contributed by atoms with E-state index in [4.69, 9.17) is 9.47 Å². The summed E-state index contributed by atoms with van der Waals surface area (Å²) >= 11 is 3.65. The van der Waals surface area contributed by atoms with Crippen LogP contribution in [0.1, 0.15) is 76.0 Å². The van der Waals surface area contributed by atoms with Crippen LogP contribution >= 0.6 is 15.9 Å². The fourth-order valence-electron chi connectivity index (χ4n) is 6.75. The maximum absolute atomic E-state index is 13.8. The normalized spacial score (nSPS) is 19.7. The summed E-state index contributed by atoms with van der Waals surface area (Å²) in [5.74, 6) is 0.152. The van der Waals surface area contributed by atoms with Gasteiger partial charge in [0.2, 0.25) is 0 Å². The first kappa shape index (κ1) is 31.0. The first-order valence-electron chi connectivity index (χ1n) is 14.7. The summed E-state index contributed by atoms with van der Waals surface area (Å²) in [6.07, 6.45) is 2.35. The summed E-state index contributed by atoms with van der Waals surface area (Å²) < 4.78 is 12.3. The molecule has 0 bridgehead atoms. The first-order chi connectivity index (χ1) is 20.1. The highest BCUT2D eigenvalue weighted by atomic mass is 79.9. The highest BCUT2D eigenvalue weighted by molar-refractivity contribution is 9.10. The lowest BCUT2D eigenvalue weighted by Crippen LogP contribution is -2.43. The number of amides is 1. The number of hydrogen-bond acceptors (Lipinski definition) is 6. The Kier molecular flexibility index (Phi) is 8.14. The molecule has 43 heavy (non-hydrogen) atoms. The molecular formula is C35H41BrN2O5. The van der Waals surface area contributed by atoms with Crippen LogP contribution in [0.15, 0.2) is 57.3 Å². The van der Waals surface area contributed by atoms with Crippen LogP contribution in [-0.2, 0) is 14.4 Å². The molecule has 0 aromatic heterocycles.